The van der Waals surface area contributed by atoms with Gasteiger partial charge in [0.25, 0.3) is 0 Å². The number of nitrogens with one attached hydrogen (secondary N) is 2. The summed E-state index contributed by atoms with van der Waals surface area (Å²) in [4.78, 5) is 11.0. The van der Waals surface area contributed by atoms with Crippen LogP contribution in [0.4, 0.5) is 0 Å². The van der Waals surface area contributed by atoms with E-state index in [2.05, 4.69) is 64.0 Å². The molecule has 1 aliphatic rings. The highest BCUT2D eigenvalue weighted by molar-refractivity contribution is 14.0. The molecular weight excluding hydrogens is 415 g/mol. The van der Waals surface area contributed by atoms with Crippen molar-refractivity contribution in [3.8, 4) is 0 Å². The van der Waals surface area contributed by atoms with E-state index in [0.29, 0.717) is 12.0 Å². The first-order valence-corrected chi connectivity index (χ1v) is 8.59. The number of aliphatic imine (C=N–C) groups is 1. The Kier molecular flexibility index (Phi) is 8.49. The molecule has 0 aromatic carbocycles. The van der Waals surface area contributed by atoms with Gasteiger partial charge in [-0.25, -0.2) is 4.98 Å². The Hall–Kier alpha value is -0.830. The van der Waals surface area contributed by atoms with Gasteiger partial charge < -0.3 is 20.1 Å². The van der Waals surface area contributed by atoms with E-state index in [1.54, 1.807) is 0 Å². The zero-order valence-corrected chi connectivity index (χ0v) is 17.9. The molecule has 138 valence electrons. The van der Waals surface area contributed by atoms with Crippen molar-refractivity contribution in [3.63, 3.8) is 0 Å². The lowest BCUT2D eigenvalue weighted by molar-refractivity contribution is 0.189. The van der Waals surface area contributed by atoms with Crippen LogP contribution >= 0.6 is 24.0 Å². The molecule has 1 saturated heterocycles. The molecule has 1 fully saturated rings. The van der Waals surface area contributed by atoms with Crippen molar-refractivity contribution in [1.29, 1.82) is 0 Å². The van der Waals surface area contributed by atoms with Gasteiger partial charge in [0.05, 0.1) is 12.4 Å². The predicted molar refractivity (Wildman–Crippen MR) is 111 cm³/mol. The molecular formula is C17H33IN6. The number of hydrogen-bond donors (Lipinski definition) is 2. The number of hydrogen-bond acceptors (Lipinski definition) is 3. The Labute approximate surface area is 163 Å². The molecule has 2 heterocycles. The highest BCUT2D eigenvalue weighted by atomic mass is 127. The van der Waals surface area contributed by atoms with Crippen LogP contribution in [0.2, 0.25) is 0 Å². The Morgan fingerprint density at radius 3 is 2.67 bits per heavy atom. The molecule has 0 aliphatic carbocycles. The number of rotatable bonds is 4. The third kappa shape index (κ3) is 6.23. The molecule has 2 rings (SSSR count). The largest absolute Gasteiger partial charge is 0.355 e. The fourth-order valence-electron chi connectivity index (χ4n) is 3.04. The van der Waals surface area contributed by atoms with Crippen molar-refractivity contribution in [3.05, 3.63) is 18.7 Å². The number of aromatic nitrogens is 2. The van der Waals surface area contributed by atoms with Gasteiger partial charge in [0.2, 0.25) is 0 Å². The van der Waals surface area contributed by atoms with Crippen molar-refractivity contribution in [2.75, 3.05) is 33.2 Å². The number of piperidine rings is 1. The highest BCUT2D eigenvalue weighted by Gasteiger charge is 2.28. The molecule has 7 heteroatoms. The van der Waals surface area contributed by atoms with Gasteiger partial charge in [-0.3, -0.25) is 4.99 Å². The van der Waals surface area contributed by atoms with Gasteiger partial charge in [0.15, 0.2) is 5.96 Å². The van der Waals surface area contributed by atoms with E-state index in [1.807, 2.05) is 19.6 Å². The summed E-state index contributed by atoms with van der Waals surface area (Å²) in [5.74, 6) is 1.65. The van der Waals surface area contributed by atoms with Crippen LogP contribution in [-0.2, 0) is 0 Å². The number of guanidine groups is 1. The van der Waals surface area contributed by atoms with Crippen molar-refractivity contribution in [2.45, 2.75) is 45.7 Å². The van der Waals surface area contributed by atoms with E-state index < -0.39 is 0 Å². The Morgan fingerprint density at radius 2 is 2.08 bits per heavy atom. The molecule has 0 radical (unpaired) electrons. The van der Waals surface area contributed by atoms with Crippen molar-refractivity contribution < 1.29 is 0 Å². The quantitative estimate of drug-likeness (QED) is 0.322. The minimum Gasteiger partial charge on any atom is -0.355 e. The zero-order valence-electron chi connectivity index (χ0n) is 15.6. The lowest BCUT2D eigenvalue weighted by atomic mass is 9.93. The second-order valence-corrected chi connectivity index (χ2v) is 7.44. The van der Waals surface area contributed by atoms with Gasteiger partial charge in [-0.1, -0.05) is 6.92 Å². The maximum absolute atomic E-state index is 4.47. The van der Waals surface area contributed by atoms with Crippen LogP contribution in [0.5, 0.6) is 0 Å². The van der Waals surface area contributed by atoms with Crippen LogP contribution in [0.25, 0.3) is 0 Å². The molecule has 0 saturated carbocycles. The summed E-state index contributed by atoms with van der Waals surface area (Å²) in [6.45, 7) is 12.7. The van der Waals surface area contributed by atoms with E-state index in [4.69, 9.17) is 0 Å². The Balaban J connectivity index is 0.00000288. The summed E-state index contributed by atoms with van der Waals surface area (Å²) in [6.07, 6.45) is 7.02. The lowest BCUT2D eigenvalue weighted by Gasteiger charge is -2.39. The molecule has 1 aromatic rings. The van der Waals surface area contributed by atoms with Crippen molar-refractivity contribution >= 4 is 29.9 Å². The van der Waals surface area contributed by atoms with Gasteiger partial charge in [-0.05, 0) is 33.1 Å². The summed E-state index contributed by atoms with van der Waals surface area (Å²) < 4.78 is 2.23. The molecule has 1 aromatic heterocycles. The molecule has 2 N–H and O–H groups in total. The molecule has 0 spiro atoms. The summed E-state index contributed by atoms with van der Waals surface area (Å²) in [5, 5.41) is 6.97. The molecule has 0 amide bonds. The monoisotopic (exact) mass is 448 g/mol. The molecule has 6 nitrogen and oxygen atoms in total. The van der Waals surface area contributed by atoms with Gasteiger partial charge >= 0.3 is 0 Å². The second-order valence-electron chi connectivity index (χ2n) is 7.44. The Bertz CT molecular complexity index is 494. The van der Waals surface area contributed by atoms with Crippen LogP contribution in [0.15, 0.2) is 23.7 Å². The van der Waals surface area contributed by atoms with Crippen LogP contribution in [0.1, 0.15) is 40.2 Å². The third-order valence-corrected chi connectivity index (χ3v) is 4.40. The molecule has 0 bridgehead atoms. The van der Waals surface area contributed by atoms with E-state index >= 15 is 0 Å². The minimum atomic E-state index is 0. The van der Waals surface area contributed by atoms with Crippen LogP contribution in [-0.4, -0.2) is 59.2 Å². The normalized spacial score (nSPS) is 22.2. The SMILES string of the molecule is CN=C(NCCNC(C)(C)C)N1CCC(C)C(n2ccnc2)C1.I. The van der Waals surface area contributed by atoms with Crippen molar-refractivity contribution in [1.82, 2.24) is 25.1 Å². The first-order valence-electron chi connectivity index (χ1n) is 8.59. The molecule has 2 unspecified atom stereocenters. The average Bonchev–Trinajstić information content (AvgIpc) is 3.01. The van der Waals surface area contributed by atoms with E-state index in [0.717, 1.165) is 32.1 Å². The van der Waals surface area contributed by atoms with Gasteiger partial charge in [0, 0.05) is 51.2 Å². The van der Waals surface area contributed by atoms with Gasteiger partial charge in [0.1, 0.15) is 0 Å². The van der Waals surface area contributed by atoms with E-state index in [-0.39, 0.29) is 29.5 Å². The highest BCUT2D eigenvalue weighted by Crippen LogP contribution is 2.27. The molecule has 2 atom stereocenters. The fraction of sp³-hybridized carbons (Fsp3) is 0.765. The number of nitrogens with zero attached hydrogens (tertiary/aromatic N) is 4. The third-order valence-electron chi connectivity index (χ3n) is 4.40. The summed E-state index contributed by atoms with van der Waals surface area (Å²) >= 11 is 0. The summed E-state index contributed by atoms with van der Waals surface area (Å²) in [5.41, 5.74) is 0.151. The van der Waals surface area contributed by atoms with Crippen LogP contribution in [0.3, 0.4) is 0 Å². The van der Waals surface area contributed by atoms with Crippen molar-refractivity contribution in [2.24, 2.45) is 10.9 Å². The second kappa shape index (κ2) is 9.60. The zero-order chi connectivity index (χ0) is 16.9. The van der Waals surface area contributed by atoms with Gasteiger partial charge in [-0.15, -0.1) is 24.0 Å². The first kappa shape index (κ1) is 21.2. The van der Waals surface area contributed by atoms with Crippen LogP contribution in [0, 0.1) is 5.92 Å². The predicted octanol–water partition coefficient (Wildman–Crippen LogP) is 2.35. The molecule has 24 heavy (non-hydrogen) atoms. The summed E-state index contributed by atoms with van der Waals surface area (Å²) in [6, 6.07) is 0.456. The maximum Gasteiger partial charge on any atom is 0.193 e. The van der Waals surface area contributed by atoms with E-state index in [9.17, 15) is 0 Å². The van der Waals surface area contributed by atoms with E-state index in [1.165, 1.54) is 6.42 Å². The molecule has 1 aliphatic heterocycles. The average molecular weight is 448 g/mol. The standard InChI is InChI=1S/C17H32N6.HI/c1-14-6-10-22(12-15(14)23-11-9-19-13-23)16(18-5)20-7-8-21-17(2,3)4;/h9,11,13-15,21H,6-8,10,12H2,1-5H3,(H,18,20);1H. The van der Waals surface area contributed by atoms with Crippen LogP contribution < -0.4 is 10.6 Å². The minimum absolute atomic E-state index is 0. The lowest BCUT2D eigenvalue weighted by Crippen LogP contribution is -2.50. The summed E-state index contributed by atoms with van der Waals surface area (Å²) in [7, 11) is 1.86. The van der Waals surface area contributed by atoms with Gasteiger partial charge in [-0.2, -0.15) is 0 Å². The number of imidazole rings is 1. The smallest absolute Gasteiger partial charge is 0.193 e. The topological polar surface area (TPSA) is 57.5 Å². The Morgan fingerprint density at radius 1 is 1.33 bits per heavy atom. The number of halogens is 1. The number of likely N-dealkylation sites (tertiary alicyclic amines) is 1. The maximum atomic E-state index is 4.47. The first-order chi connectivity index (χ1) is 10.9. The fourth-order valence-corrected chi connectivity index (χ4v) is 3.04.